The minimum absolute atomic E-state index is 0.288. The number of nitrogens with zero attached hydrogens (tertiary/aromatic N) is 3. The Labute approximate surface area is 126 Å². The number of hydrogen-bond donors (Lipinski definition) is 1. The van der Waals surface area contributed by atoms with Crippen molar-refractivity contribution in [2.75, 3.05) is 4.90 Å². The third-order valence-corrected chi connectivity index (χ3v) is 3.18. The van der Waals surface area contributed by atoms with Gasteiger partial charge in [0.05, 0.1) is 6.54 Å². The zero-order valence-corrected chi connectivity index (χ0v) is 13.2. The van der Waals surface area contributed by atoms with Crippen molar-refractivity contribution in [1.82, 2.24) is 15.5 Å². The van der Waals surface area contributed by atoms with Crippen LogP contribution in [0, 0.1) is 0 Å². The van der Waals surface area contributed by atoms with Crippen LogP contribution in [0.2, 0.25) is 0 Å². The van der Waals surface area contributed by atoms with Gasteiger partial charge in [-0.2, -0.15) is 0 Å². The molecule has 0 saturated carbocycles. The fourth-order valence-electron chi connectivity index (χ4n) is 1.97. The number of hydrogen-bond acceptors (Lipinski definition) is 5. The predicted molar refractivity (Wildman–Crippen MR) is 84.0 cm³/mol. The summed E-state index contributed by atoms with van der Waals surface area (Å²) in [4.78, 5) is 2.11. The van der Waals surface area contributed by atoms with E-state index in [1.54, 1.807) is 0 Å². The van der Waals surface area contributed by atoms with Gasteiger partial charge in [0.2, 0.25) is 5.89 Å². The third-order valence-electron chi connectivity index (χ3n) is 3.18. The van der Waals surface area contributed by atoms with Gasteiger partial charge in [0, 0.05) is 18.6 Å². The van der Waals surface area contributed by atoms with E-state index in [-0.39, 0.29) is 6.04 Å². The first-order valence-electron chi connectivity index (χ1n) is 7.42. The summed E-state index contributed by atoms with van der Waals surface area (Å²) in [6.45, 7) is 9.79. The van der Waals surface area contributed by atoms with Crippen molar-refractivity contribution in [1.29, 1.82) is 0 Å². The van der Waals surface area contributed by atoms with Crippen LogP contribution in [-0.2, 0) is 13.1 Å². The monoisotopic (exact) mass is 288 g/mol. The van der Waals surface area contributed by atoms with Gasteiger partial charge in [-0.1, -0.05) is 49.3 Å². The molecule has 2 rings (SSSR count). The van der Waals surface area contributed by atoms with Crippen LogP contribution in [0.1, 0.15) is 39.1 Å². The SMILES string of the molecule is CC(C)NCc1nnc(N(Cc2ccccc2)C(C)C)o1. The van der Waals surface area contributed by atoms with Crippen LogP contribution in [0.4, 0.5) is 6.01 Å². The molecule has 0 unspecified atom stereocenters. The number of rotatable bonds is 7. The molecule has 0 atom stereocenters. The van der Waals surface area contributed by atoms with E-state index in [9.17, 15) is 0 Å². The summed E-state index contributed by atoms with van der Waals surface area (Å²) in [5.74, 6) is 0.623. The van der Waals surface area contributed by atoms with Gasteiger partial charge in [-0.05, 0) is 19.4 Å². The average molecular weight is 288 g/mol. The molecule has 0 aliphatic rings. The van der Waals surface area contributed by atoms with Crippen molar-refractivity contribution < 1.29 is 4.42 Å². The Bertz CT molecular complexity index is 536. The van der Waals surface area contributed by atoms with E-state index in [0.29, 0.717) is 24.5 Å². The molecule has 2 aromatic rings. The highest BCUT2D eigenvalue weighted by Gasteiger charge is 2.18. The molecule has 5 heteroatoms. The molecular formula is C16H24N4O. The second-order valence-corrected chi connectivity index (χ2v) is 5.72. The molecule has 0 aliphatic heterocycles. The van der Waals surface area contributed by atoms with Crippen LogP contribution in [0.5, 0.6) is 0 Å². The zero-order valence-electron chi connectivity index (χ0n) is 13.2. The first-order valence-corrected chi connectivity index (χ1v) is 7.42. The summed E-state index contributed by atoms with van der Waals surface area (Å²) in [6.07, 6.45) is 0. The van der Waals surface area contributed by atoms with Crippen LogP contribution in [0.25, 0.3) is 0 Å². The smallest absolute Gasteiger partial charge is 0.318 e. The summed E-state index contributed by atoms with van der Waals surface area (Å²) < 4.78 is 5.77. The van der Waals surface area contributed by atoms with Crippen molar-refractivity contribution in [2.24, 2.45) is 0 Å². The highest BCUT2D eigenvalue weighted by atomic mass is 16.4. The molecule has 114 valence electrons. The van der Waals surface area contributed by atoms with Gasteiger partial charge in [-0.25, -0.2) is 0 Å². The topological polar surface area (TPSA) is 54.2 Å². The van der Waals surface area contributed by atoms with Gasteiger partial charge in [0.1, 0.15) is 0 Å². The normalized spacial score (nSPS) is 11.3. The molecule has 0 radical (unpaired) electrons. The van der Waals surface area contributed by atoms with E-state index >= 15 is 0 Å². The van der Waals surface area contributed by atoms with E-state index in [0.717, 1.165) is 6.54 Å². The second-order valence-electron chi connectivity index (χ2n) is 5.72. The lowest BCUT2D eigenvalue weighted by Crippen LogP contribution is -2.30. The van der Waals surface area contributed by atoms with Gasteiger partial charge in [-0.15, -0.1) is 5.10 Å². The van der Waals surface area contributed by atoms with Gasteiger partial charge in [0.15, 0.2) is 0 Å². The molecule has 0 amide bonds. The van der Waals surface area contributed by atoms with Crippen molar-refractivity contribution in [2.45, 2.75) is 52.9 Å². The van der Waals surface area contributed by atoms with Crippen molar-refractivity contribution in [3.05, 3.63) is 41.8 Å². The van der Waals surface area contributed by atoms with Crippen LogP contribution in [0.3, 0.4) is 0 Å². The van der Waals surface area contributed by atoms with E-state index in [4.69, 9.17) is 4.42 Å². The second kappa shape index (κ2) is 7.22. The summed E-state index contributed by atoms with van der Waals surface area (Å²) in [5.41, 5.74) is 1.23. The Kier molecular flexibility index (Phi) is 5.33. The fraction of sp³-hybridized carbons (Fsp3) is 0.500. The van der Waals surface area contributed by atoms with E-state index in [1.807, 2.05) is 18.2 Å². The number of aromatic nitrogens is 2. The van der Waals surface area contributed by atoms with Crippen LogP contribution in [-0.4, -0.2) is 22.3 Å². The predicted octanol–water partition coefficient (Wildman–Crippen LogP) is 2.98. The molecule has 1 N–H and O–H groups in total. The van der Waals surface area contributed by atoms with Crippen molar-refractivity contribution in [3.63, 3.8) is 0 Å². The quantitative estimate of drug-likeness (QED) is 0.849. The van der Waals surface area contributed by atoms with Crippen molar-refractivity contribution in [3.8, 4) is 0 Å². The van der Waals surface area contributed by atoms with Gasteiger partial charge < -0.3 is 14.6 Å². The lowest BCUT2D eigenvalue weighted by molar-refractivity contribution is 0.438. The zero-order chi connectivity index (χ0) is 15.2. The Balaban J connectivity index is 2.08. The van der Waals surface area contributed by atoms with E-state index in [1.165, 1.54) is 5.56 Å². The standard InChI is InChI=1S/C16H24N4O/c1-12(2)17-10-15-18-19-16(21-15)20(13(3)4)11-14-8-6-5-7-9-14/h5-9,12-13,17H,10-11H2,1-4H3. The van der Waals surface area contributed by atoms with E-state index in [2.05, 4.69) is 60.2 Å². The van der Waals surface area contributed by atoms with Crippen LogP contribution >= 0.6 is 0 Å². The molecule has 1 heterocycles. The van der Waals surface area contributed by atoms with Gasteiger partial charge in [-0.3, -0.25) is 0 Å². The molecular weight excluding hydrogens is 264 g/mol. The maximum atomic E-state index is 5.77. The summed E-state index contributed by atoms with van der Waals surface area (Å²) in [5, 5.41) is 11.6. The Morgan fingerprint density at radius 3 is 2.43 bits per heavy atom. The molecule has 5 nitrogen and oxygen atoms in total. The third kappa shape index (κ3) is 4.56. The molecule has 0 saturated heterocycles. The summed E-state index contributed by atoms with van der Waals surface area (Å²) >= 11 is 0. The molecule has 0 bridgehead atoms. The lowest BCUT2D eigenvalue weighted by atomic mass is 10.2. The Morgan fingerprint density at radius 2 is 1.81 bits per heavy atom. The first-order chi connectivity index (χ1) is 10.1. The Morgan fingerprint density at radius 1 is 1.10 bits per heavy atom. The largest absolute Gasteiger partial charge is 0.407 e. The number of nitrogens with one attached hydrogen (secondary N) is 1. The molecule has 0 spiro atoms. The average Bonchev–Trinajstić information content (AvgIpc) is 2.92. The minimum Gasteiger partial charge on any atom is -0.407 e. The summed E-state index contributed by atoms with van der Waals surface area (Å²) in [6, 6.07) is 11.6. The highest BCUT2D eigenvalue weighted by molar-refractivity contribution is 5.29. The molecule has 21 heavy (non-hydrogen) atoms. The molecule has 1 aromatic carbocycles. The molecule has 0 aliphatic carbocycles. The highest BCUT2D eigenvalue weighted by Crippen LogP contribution is 2.18. The number of benzene rings is 1. The first kappa shape index (κ1) is 15.5. The number of anilines is 1. The fourth-order valence-corrected chi connectivity index (χ4v) is 1.97. The van der Waals surface area contributed by atoms with Gasteiger partial charge >= 0.3 is 6.01 Å². The van der Waals surface area contributed by atoms with Gasteiger partial charge in [0.25, 0.3) is 0 Å². The lowest BCUT2D eigenvalue weighted by Gasteiger charge is -2.24. The maximum Gasteiger partial charge on any atom is 0.318 e. The van der Waals surface area contributed by atoms with Crippen molar-refractivity contribution >= 4 is 6.01 Å². The van der Waals surface area contributed by atoms with Crippen LogP contribution < -0.4 is 10.2 Å². The Hall–Kier alpha value is -1.88. The van der Waals surface area contributed by atoms with E-state index < -0.39 is 0 Å². The maximum absolute atomic E-state index is 5.77. The van der Waals surface area contributed by atoms with Crippen LogP contribution in [0.15, 0.2) is 34.7 Å². The molecule has 1 aromatic heterocycles. The molecule has 0 fully saturated rings. The minimum atomic E-state index is 0.288. The summed E-state index contributed by atoms with van der Waals surface area (Å²) in [7, 11) is 0.